The van der Waals surface area contributed by atoms with Crippen LogP contribution in [0.1, 0.15) is 62.5 Å². The first-order chi connectivity index (χ1) is 20.0. The summed E-state index contributed by atoms with van der Waals surface area (Å²) in [6, 6.07) is 17.0. The van der Waals surface area contributed by atoms with E-state index in [0.717, 1.165) is 49.0 Å². The molecule has 2 aromatic rings. The third kappa shape index (κ3) is 9.74. The lowest BCUT2D eigenvalue weighted by Crippen LogP contribution is -2.45. The number of amides is 2. The van der Waals surface area contributed by atoms with E-state index < -0.39 is 12.0 Å². The molecule has 2 aromatic carbocycles. The molecule has 1 fully saturated rings. The number of hydrogen-bond donors (Lipinski definition) is 2. The fraction of sp³-hybridized carbons (Fsp3) is 0.485. The zero-order chi connectivity index (χ0) is 28.9. The summed E-state index contributed by atoms with van der Waals surface area (Å²) in [6.07, 6.45) is 9.38. The van der Waals surface area contributed by atoms with Crippen LogP contribution in [-0.4, -0.2) is 59.6 Å². The highest BCUT2D eigenvalue weighted by Gasteiger charge is 2.32. The summed E-state index contributed by atoms with van der Waals surface area (Å²) in [6.45, 7) is 1.08. The number of cyclic esters (lactones) is 1. The second-order valence-corrected chi connectivity index (χ2v) is 10.9. The first-order valence-electron chi connectivity index (χ1n) is 14.8. The summed E-state index contributed by atoms with van der Waals surface area (Å²) in [5.41, 5.74) is 2.05. The number of benzene rings is 2. The van der Waals surface area contributed by atoms with Crippen LogP contribution in [0.2, 0.25) is 0 Å². The molecule has 0 spiro atoms. The van der Waals surface area contributed by atoms with Crippen LogP contribution in [0.25, 0.3) is 0 Å². The van der Waals surface area contributed by atoms with E-state index in [9.17, 15) is 19.5 Å². The number of nitrogens with one attached hydrogen (secondary N) is 1. The van der Waals surface area contributed by atoms with E-state index in [0.29, 0.717) is 32.4 Å². The molecular weight excluding hydrogens is 520 g/mol. The van der Waals surface area contributed by atoms with E-state index in [-0.39, 0.29) is 43.5 Å². The molecule has 0 bridgehead atoms. The summed E-state index contributed by atoms with van der Waals surface area (Å²) < 4.78 is 11.5. The predicted molar refractivity (Wildman–Crippen MR) is 156 cm³/mol. The normalized spacial score (nSPS) is 22.5. The smallest absolute Gasteiger partial charge is 0.305 e. The number of likely N-dealkylation sites (tertiary alicyclic amines) is 1. The summed E-state index contributed by atoms with van der Waals surface area (Å²) in [5, 5.41) is 12.7. The number of ether oxygens (including phenoxy) is 2. The van der Waals surface area contributed by atoms with Crippen LogP contribution in [0.15, 0.2) is 66.7 Å². The number of carbonyl (C=O) groups excluding carboxylic acids is 3. The molecule has 41 heavy (non-hydrogen) atoms. The van der Waals surface area contributed by atoms with Gasteiger partial charge in [-0.1, -0.05) is 54.6 Å². The van der Waals surface area contributed by atoms with Gasteiger partial charge in [-0.3, -0.25) is 14.4 Å². The lowest BCUT2D eigenvalue weighted by molar-refractivity contribution is -0.145. The molecule has 2 N–H and O–H groups in total. The van der Waals surface area contributed by atoms with Crippen molar-refractivity contribution in [2.75, 3.05) is 19.8 Å². The monoisotopic (exact) mass is 562 g/mol. The van der Waals surface area contributed by atoms with Crippen molar-refractivity contribution in [1.29, 1.82) is 0 Å². The van der Waals surface area contributed by atoms with Crippen molar-refractivity contribution in [3.05, 3.63) is 77.9 Å². The van der Waals surface area contributed by atoms with Crippen molar-refractivity contribution in [3.8, 4) is 5.75 Å². The number of hydrogen-bond acceptors (Lipinski definition) is 6. The zero-order valence-corrected chi connectivity index (χ0v) is 23.7. The molecule has 220 valence electrons. The van der Waals surface area contributed by atoms with Crippen LogP contribution in [0.3, 0.4) is 0 Å². The molecule has 0 radical (unpaired) electrons. The average Bonchev–Trinajstić information content (AvgIpc) is 3.48. The maximum Gasteiger partial charge on any atom is 0.305 e. The van der Waals surface area contributed by atoms with Gasteiger partial charge in [-0.05, 0) is 68.2 Å². The maximum absolute atomic E-state index is 13.5. The molecule has 2 heterocycles. The van der Waals surface area contributed by atoms with Crippen LogP contribution in [0.4, 0.5) is 0 Å². The first kappa shape index (κ1) is 30.3. The Bertz CT molecular complexity index is 1150. The minimum Gasteiger partial charge on any atom is -0.489 e. The van der Waals surface area contributed by atoms with E-state index in [2.05, 4.69) is 5.32 Å². The van der Waals surface area contributed by atoms with Crippen LogP contribution in [-0.2, 0) is 32.1 Å². The van der Waals surface area contributed by atoms with Crippen LogP contribution in [0.5, 0.6) is 5.75 Å². The van der Waals surface area contributed by atoms with Crippen LogP contribution >= 0.6 is 0 Å². The molecule has 4 rings (SSSR count). The molecule has 2 aliphatic rings. The quantitative estimate of drug-likeness (QED) is 0.366. The van der Waals surface area contributed by atoms with Gasteiger partial charge in [0.25, 0.3) is 0 Å². The fourth-order valence-corrected chi connectivity index (χ4v) is 5.36. The second kappa shape index (κ2) is 16.0. The van der Waals surface area contributed by atoms with E-state index in [1.54, 1.807) is 4.90 Å². The molecule has 2 amide bonds. The Labute approximate surface area is 242 Å². The van der Waals surface area contributed by atoms with Gasteiger partial charge in [0, 0.05) is 19.4 Å². The minimum atomic E-state index is -0.548. The summed E-state index contributed by atoms with van der Waals surface area (Å²) in [5.74, 6) is -0.416. The van der Waals surface area contributed by atoms with Crippen LogP contribution in [0, 0.1) is 5.92 Å². The molecule has 1 saturated heterocycles. The van der Waals surface area contributed by atoms with Gasteiger partial charge in [0.05, 0.1) is 24.6 Å². The number of rotatable bonds is 8. The number of carbonyl (C=O) groups is 3. The number of nitrogens with zero attached hydrogens (tertiary/aromatic N) is 1. The highest BCUT2D eigenvalue weighted by atomic mass is 16.5. The number of allylic oxidation sites excluding steroid dienone is 2. The minimum absolute atomic E-state index is 0.0616. The Morgan fingerprint density at radius 3 is 2.59 bits per heavy atom. The third-order valence-electron chi connectivity index (χ3n) is 7.73. The molecule has 0 aromatic heterocycles. The Hall–Kier alpha value is -3.65. The average molecular weight is 563 g/mol. The molecule has 2 aliphatic heterocycles. The Kier molecular flexibility index (Phi) is 11.8. The third-order valence-corrected chi connectivity index (χ3v) is 7.73. The summed E-state index contributed by atoms with van der Waals surface area (Å²) >= 11 is 0. The van der Waals surface area contributed by atoms with Gasteiger partial charge in [0.1, 0.15) is 19.0 Å². The molecule has 0 saturated carbocycles. The predicted octanol–water partition coefficient (Wildman–Crippen LogP) is 4.35. The van der Waals surface area contributed by atoms with E-state index in [1.807, 2.05) is 66.7 Å². The Balaban J connectivity index is 1.42. The molecular formula is C33H42N2O6. The largest absolute Gasteiger partial charge is 0.489 e. The van der Waals surface area contributed by atoms with E-state index >= 15 is 0 Å². The van der Waals surface area contributed by atoms with Crippen molar-refractivity contribution >= 4 is 17.8 Å². The van der Waals surface area contributed by atoms with Gasteiger partial charge >= 0.3 is 5.97 Å². The summed E-state index contributed by atoms with van der Waals surface area (Å²) in [4.78, 5) is 40.7. The lowest BCUT2D eigenvalue weighted by Gasteiger charge is -2.26. The molecule has 0 aliphatic carbocycles. The first-order valence-corrected chi connectivity index (χ1v) is 14.8. The highest BCUT2D eigenvalue weighted by molar-refractivity contribution is 5.86. The zero-order valence-electron chi connectivity index (χ0n) is 23.7. The highest BCUT2D eigenvalue weighted by Crippen LogP contribution is 2.22. The standard InChI is InChI=1S/C33H42N2O6/c36-22-29-13-9-19-35(29)31(37)21-27-12-7-2-1-3-8-14-32(38)41-24-28(34-33(27)39)20-25-15-17-30(18-16-25)40-23-26-10-5-4-6-11-26/h2,4-7,10-11,15-18,27-29,36H,1,3,8-9,12-14,19-24H2,(H,34,39)/t27-,28+,29+/m1/s1. The van der Waals surface area contributed by atoms with Crippen molar-refractivity contribution in [2.24, 2.45) is 5.92 Å². The number of aliphatic hydroxyl groups excluding tert-OH is 1. The van der Waals surface area contributed by atoms with Gasteiger partial charge in [-0.25, -0.2) is 0 Å². The van der Waals surface area contributed by atoms with Gasteiger partial charge in [0.2, 0.25) is 11.8 Å². The van der Waals surface area contributed by atoms with Crippen molar-refractivity contribution in [1.82, 2.24) is 10.2 Å². The molecule has 8 nitrogen and oxygen atoms in total. The number of aliphatic hydroxyl groups is 1. The topological polar surface area (TPSA) is 105 Å². The van der Waals surface area contributed by atoms with Gasteiger partial charge < -0.3 is 24.8 Å². The lowest BCUT2D eigenvalue weighted by atomic mass is 9.97. The summed E-state index contributed by atoms with van der Waals surface area (Å²) in [7, 11) is 0. The van der Waals surface area contributed by atoms with Gasteiger partial charge in [-0.2, -0.15) is 0 Å². The van der Waals surface area contributed by atoms with Crippen LogP contribution < -0.4 is 10.1 Å². The molecule has 3 atom stereocenters. The second-order valence-electron chi connectivity index (χ2n) is 10.9. The Morgan fingerprint density at radius 1 is 1.00 bits per heavy atom. The van der Waals surface area contributed by atoms with Crippen molar-refractivity contribution < 1.29 is 29.0 Å². The molecule has 0 unspecified atom stereocenters. The van der Waals surface area contributed by atoms with Crippen molar-refractivity contribution in [2.45, 2.75) is 76.5 Å². The van der Waals surface area contributed by atoms with Crippen molar-refractivity contribution in [3.63, 3.8) is 0 Å². The fourth-order valence-electron chi connectivity index (χ4n) is 5.36. The number of esters is 1. The SMILES string of the molecule is O=C1CCCCC=CC[C@H](CC(=O)N2CCC[C@H]2CO)C(=O)N[C@@H](Cc2ccc(OCc3ccccc3)cc2)CO1. The van der Waals surface area contributed by atoms with Gasteiger partial charge in [0.15, 0.2) is 0 Å². The maximum atomic E-state index is 13.5. The van der Waals surface area contributed by atoms with Gasteiger partial charge in [-0.15, -0.1) is 0 Å². The molecule has 8 heteroatoms. The van der Waals surface area contributed by atoms with E-state index in [4.69, 9.17) is 9.47 Å². The van der Waals surface area contributed by atoms with E-state index in [1.165, 1.54) is 0 Å². The Morgan fingerprint density at radius 2 is 1.80 bits per heavy atom.